The van der Waals surface area contributed by atoms with E-state index >= 15 is 0 Å². The van der Waals surface area contributed by atoms with Crippen LogP contribution in [0, 0.1) is 24.0 Å². The van der Waals surface area contributed by atoms with E-state index in [9.17, 15) is 10.1 Å². The minimum absolute atomic E-state index is 0.0514. The molecule has 0 aliphatic rings. The van der Waals surface area contributed by atoms with Crippen LogP contribution in [0.4, 0.5) is 11.4 Å². The number of anilines is 1. The van der Waals surface area contributed by atoms with Crippen LogP contribution in [0.25, 0.3) is 5.69 Å². The minimum Gasteiger partial charge on any atom is -0.380 e. The molecule has 6 nitrogen and oxygen atoms in total. The first-order chi connectivity index (χ1) is 9.04. The van der Waals surface area contributed by atoms with Crippen LogP contribution in [0.1, 0.15) is 18.3 Å². The van der Waals surface area contributed by atoms with Gasteiger partial charge in [0.1, 0.15) is 11.4 Å². The van der Waals surface area contributed by atoms with E-state index in [1.807, 2.05) is 26.8 Å². The molecular formula is C13H16N4O2. The summed E-state index contributed by atoms with van der Waals surface area (Å²) in [5.74, 6) is 0. The number of nitrogens with one attached hydrogen (secondary N) is 1. The van der Waals surface area contributed by atoms with Crippen molar-refractivity contribution in [2.45, 2.75) is 20.8 Å². The maximum Gasteiger partial charge on any atom is 0.317 e. The third-order valence-corrected chi connectivity index (χ3v) is 2.80. The number of nitrogens with zero attached hydrogens (tertiary/aromatic N) is 3. The molecule has 0 saturated carbocycles. The molecule has 0 spiro atoms. The second kappa shape index (κ2) is 5.09. The molecule has 0 aliphatic carbocycles. The van der Waals surface area contributed by atoms with Crippen LogP contribution in [0.3, 0.4) is 0 Å². The highest BCUT2D eigenvalue weighted by Gasteiger charge is 2.22. The lowest BCUT2D eigenvalue weighted by molar-refractivity contribution is -0.383. The number of aromatic nitrogens is 2. The van der Waals surface area contributed by atoms with E-state index in [1.54, 1.807) is 22.9 Å². The van der Waals surface area contributed by atoms with E-state index in [-0.39, 0.29) is 10.6 Å². The lowest BCUT2D eigenvalue weighted by Gasteiger charge is -2.10. The normalized spacial score (nSPS) is 10.5. The van der Waals surface area contributed by atoms with Gasteiger partial charge in [-0.15, -0.1) is 0 Å². The van der Waals surface area contributed by atoms with E-state index < -0.39 is 0 Å². The van der Waals surface area contributed by atoms with Gasteiger partial charge < -0.3 is 5.32 Å². The third-order valence-electron chi connectivity index (χ3n) is 2.80. The first-order valence-corrected chi connectivity index (χ1v) is 6.09. The SMILES string of the molecule is CCNc1cccc(-n2nc(C)cc2C)c1[N+](=O)[O-]. The van der Waals surface area contributed by atoms with Gasteiger partial charge in [-0.05, 0) is 39.0 Å². The zero-order valence-electron chi connectivity index (χ0n) is 11.2. The van der Waals surface area contributed by atoms with Crippen LogP contribution in [0.15, 0.2) is 24.3 Å². The standard InChI is InChI=1S/C13H16N4O2/c1-4-14-11-6-5-7-12(13(11)17(18)19)16-10(3)8-9(2)15-16/h5-8,14H,4H2,1-3H3. The molecule has 0 atom stereocenters. The number of para-hydroxylation sites is 1. The van der Waals surface area contributed by atoms with Crippen molar-refractivity contribution in [1.29, 1.82) is 0 Å². The summed E-state index contributed by atoms with van der Waals surface area (Å²) in [5, 5.41) is 18.7. The van der Waals surface area contributed by atoms with E-state index in [4.69, 9.17) is 0 Å². The summed E-state index contributed by atoms with van der Waals surface area (Å²) in [5.41, 5.74) is 2.75. The summed E-state index contributed by atoms with van der Waals surface area (Å²) in [6.07, 6.45) is 0. The summed E-state index contributed by atoms with van der Waals surface area (Å²) in [4.78, 5) is 11.0. The molecule has 2 aromatic rings. The summed E-state index contributed by atoms with van der Waals surface area (Å²) in [6.45, 7) is 6.27. The van der Waals surface area contributed by atoms with Gasteiger partial charge in [0, 0.05) is 12.2 Å². The maximum atomic E-state index is 11.3. The van der Waals surface area contributed by atoms with Gasteiger partial charge in [-0.1, -0.05) is 6.07 Å². The monoisotopic (exact) mass is 260 g/mol. The topological polar surface area (TPSA) is 73.0 Å². The van der Waals surface area contributed by atoms with Crippen molar-refractivity contribution >= 4 is 11.4 Å². The average molecular weight is 260 g/mol. The van der Waals surface area contributed by atoms with Gasteiger partial charge in [-0.3, -0.25) is 10.1 Å². The van der Waals surface area contributed by atoms with Gasteiger partial charge in [0.25, 0.3) is 0 Å². The second-order valence-electron chi connectivity index (χ2n) is 4.30. The number of hydrogen-bond acceptors (Lipinski definition) is 4. The highest BCUT2D eigenvalue weighted by atomic mass is 16.6. The molecule has 2 rings (SSSR count). The fourth-order valence-corrected chi connectivity index (χ4v) is 2.10. The Morgan fingerprint density at radius 2 is 2.16 bits per heavy atom. The first kappa shape index (κ1) is 13.1. The zero-order valence-corrected chi connectivity index (χ0v) is 11.2. The van der Waals surface area contributed by atoms with Gasteiger partial charge in [0.2, 0.25) is 0 Å². The predicted octanol–water partition coefficient (Wildman–Crippen LogP) is 2.83. The van der Waals surface area contributed by atoms with Crippen LogP contribution >= 0.6 is 0 Å². The Labute approximate surface area is 111 Å². The van der Waals surface area contributed by atoms with Gasteiger partial charge in [-0.2, -0.15) is 5.10 Å². The van der Waals surface area contributed by atoms with Crippen molar-refractivity contribution in [2.75, 3.05) is 11.9 Å². The molecule has 100 valence electrons. The minimum atomic E-state index is -0.371. The summed E-state index contributed by atoms with van der Waals surface area (Å²) < 4.78 is 1.61. The number of benzene rings is 1. The van der Waals surface area contributed by atoms with Crippen molar-refractivity contribution < 1.29 is 4.92 Å². The Kier molecular flexibility index (Phi) is 3.50. The van der Waals surface area contributed by atoms with Gasteiger partial charge in [-0.25, -0.2) is 4.68 Å². The fraction of sp³-hybridized carbons (Fsp3) is 0.308. The number of rotatable bonds is 4. The highest BCUT2D eigenvalue weighted by molar-refractivity contribution is 5.71. The quantitative estimate of drug-likeness (QED) is 0.677. The van der Waals surface area contributed by atoms with Crippen molar-refractivity contribution in [3.8, 4) is 5.69 Å². The molecular weight excluding hydrogens is 244 g/mol. The molecule has 0 aliphatic heterocycles. The van der Waals surface area contributed by atoms with Crippen molar-refractivity contribution in [3.05, 3.63) is 45.8 Å². The molecule has 0 bridgehead atoms. The van der Waals surface area contributed by atoms with E-state index in [0.717, 1.165) is 11.4 Å². The highest BCUT2D eigenvalue weighted by Crippen LogP contribution is 2.31. The zero-order chi connectivity index (χ0) is 14.0. The first-order valence-electron chi connectivity index (χ1n) is 6.09. The Morgan fingerprint density at radius 3 is 2.68 bits per heavy atom. The molecule has 0 saturated heterocycles. The third kappa shape index (κ3) is 2.42. The molecule has 0 unspecified atom stereocenters. The lowest BCUT2D eigenvalue weighted by atomic mass is 10.2. The lowest BCUT2D eigenvalue weighted by Crippen LogP contribution is -2.07. The largest absolute Gasteiger partial charge is 0.380 e. The predicted molar refractivity (Wildman–Crippen MR) is 73.9 cm³/mol. The smallest absolute Gasteiger partial charge is 0.317 e. The van der Waals surface area contributed by atoms with Crippen LogP contribution < -0.4 is 5.32 Å². The molecule has 0 amide bonds. The number of aryl methyl sites for hydroxylation is 2. The van der Waals surface area contributed by atoms with Crippen LogP contribution in [-0.4, -0.2) is 21.2 Å². The number of hydrogen-bond donors (Lipinski definition) is 1. The molecule has 6 heteroatoms. The Hall–Kier alpha value is -2.37. The Bertz CT molecular complexity index is 619. The van der Waals surface area contributed by atoms with Crippen molar-refractivity contribution in [1.82, 2.24) is 9.78 Å². The van der Waals surface area contributed by atoms with Crippen LogP contribution in [0.5, 0.6) is 0 Å². The molecule has 0 fully saturated rings. The maximum absolute atomic E-state index is 11.3. The molecule has 1 aromatic heterocycles. The van der Waals surface area contributed by atoms with Gasteiger partial charge >= 0.3 is 5.69 Å². The van der Waals surface area contributed by atoms with Gasteiger partial charge in [0.15, 0.2) is 0 Å². The van der Waals surface area contributed by atoms with Crippen LogP contribution in [0.2, 0.25) is 0 Å². The second-order valence-corrected chi connectivity index (χ2v) is 4.30. The number of nitro groups is 1. The summed E-state index contributed by atoms with van der Waals surface area (Å²) >= 11 is 0. The Morgan fingerprint density at radius 1 is 1.42 bits per heavy atom. The van der Waals surface area contributed by atoms with E-state index in [2.05, 4.69) is 10.4 Å². The van der Waals surface area contributed by atoms with Crippen molar-refractivity contribution in [3.63, 3.8) is 0 Å². The van der Waals surface area contributed by atoms with Crippen LogP contribution in [-0.2, 0) is 0 Å². The number of nitro benzene ring substituents is 1. The van der Waals surface area contributed by atoms with E-state index in [1.165, 1.54) is 0 Å². The molecule has 1 aromatic carbocycles. The molecule has 1 N–H and O–H groups in total. The Balaban J connectivity index is 2.66. The summed E-state index contributed by atoms with van der Waals surface area (Å²) in [7, 11) is 0. The average Bonchev–Trinajstić information content (AvgIpc) is 2.68. The summed E-state index contributed by atoms with van der Waals surface area (Å²) in [6, 6.07) is 7.09. The fourth-order valence-electron chi connectivity index (χ4n) is 2.10. The van der Waals surface area contributed by atoms with Crippen molar-refractivity contribution in [2.24, 2.45) is 0 Å². The molecule has 19 heavy (non-hydrogen) atoms. The molecule has 0 radical (unpaired) electrons. The van der Waals surface area contributed by atoms with E-state index in [0.29, 0.717) is 17.9 Å². The molecule has 1 heterocycles. The van der Waals surface area contributed by atoms with Gasteiger partial charge in [0.05, 0.1) is 10.6 Å².